The van der Waals surface area contributed by atoms with Gasteiger partial charge in [-0.15, -0.1) is 0 Å². The van der Waals surface area contributed by atoms with Gasteiger partial charge in [0, 0.05) is 24.2 Å². The number of hydrogen-bond donors (Lipinski definition) is 2. The van der Waals surface area contributed by atoms with Crippen molar-refractivity contribution in [3.05, 3.63) is 34.2 Å². The quantitative estimate of drug-likeness (QED) is 0.697. The van der Waals surface area contributed by atoms with Crippen LogP contribution in [0.3, 0.4) is 0 Å². The van der Waals surface area contributed by atoms with E-state index < -0.39 is 0 Å². The first kappa shape index (κ1) is 11.4. The highest BCUT2D eigenvalue weighted by Crippen LogP contribution is 2.24. The normalized spacial score (nSPS) is 10.8. The van der Waals surface area contributed by atoms with E-state index in [1.807, 2.05) is 18.2 Å². The maximum Gasteiger partial charge on any atom is 0.222 e. The number of nitrogens with one attached hydrogen (secondary N) is 2. The van der Waals surface area contributed by atoms with Crippen LogP contribution in [0.4, 0.5) is 5.95 Å². The van der Waals surface area contributed by atoms with E-state index in [9.17, 15) is 0 Å². The molecule has 0 radical (unpaired) electrons. The van der Waals surface area contributed by atoms with Gasteiger partial charge in [0.05, 0.1) is 11.2 Å². The van der Waals surface area contributed by atoms with Gasteiger partial charge in [-0.05, 0) is 40.8 Å². The summed E-state index contributed by atoms with van der Waals surface area (Å²) in [5.74, 6) is 0.617. The highest BCUT2D eigenvalue weighted by Gasteiger charge is 2.06. The molecule has 0 fully saturated rings. The molecule has 2 heterocycles. The zero-order chi connectivity index (χ0) is 12.5. The second-order valence-corrected chi connectivity index (χ2v) is 4.81. The molecule has 0 saturated carbocycles. The van der Waals surface area contributed by atoms with Gasteiger partial charge in [-0.2, -0.15) is 5.10 Å². The number of rotatable bonds is 2. The van der Waals surface area contributed by atoms with Crippen LogP contribution >= 0.6 is 22.6 Å². The molecule has 0 spiro atoms. The average Bonchev–Trinajstić information content (AvgIpc) is 2.80. The summed E-state index contributed by atoms with van der Waals surface area (Å²) in [6.07, 6.45) is 1.75. The molecule has 0 unspecified atom stereocenters. The van der Waals surface area contributed by atoms with Crippen LogP contribution in [0.15, 0.2) is 30.5 Å². The van der Waals surface area contributed by atoms with Gasteiger partial charge >= 0.3 is 0 Å². The Kier molecular flexibility index (Phi) is 2.86. The summed E-state index contributed by atoms with van der Waals surface area (Å²) < 4.78 is 0.979. The number of halogens is 1. The molecule has 0 atom stereocenters. The van der Waals surface area contributed by atoms with Crippen molar-refractivity contribution in [3.8, 4) is 11.3 Å². The molecular weight excluding hydrogens is 341 g/mol. The molecule has 5 nitrogen and oxygen atoms in total. The fraction of sp³-hybridized carbons (Fsp3) is 0.0833. The monoisotopic (exact) mass is 351 g/mol. The zero-order valence-corrected chi connectivity index (χ0v) is 11.8. The molecular formula is C12H10IN5. The van der Waals surface area contributed by atoms with E-state index in [1.54, 1.807) is 13.2 Å². The molecule has 3 aromatic rings. The number of aromatic nitrogens is 4. The molecule has 3 rings (SSSR count). The van der Waals surface area contributed by atoms with Crippen molar-refractivity contribution >= 4 is 39.4 Å². The maximum absolute atomic E-state index is 4.42. The summed E-state index contributed by atoms with van der Waals surface area (Å²) in [5, 5.41) is 11.3. The van der Waals surface area contributed by atoms with Gasteiger partial charge in [-0.3, -0.25) is 5.10 Å². The number of H-pyrrole nitrogens is 1. The molecule has 0 saturated heterocycles. The first-order chi connectivity index (χ1) is 8.78. The first-order valence-electron chi connectivity index (χ1n) is 5.43. The molecule has 2 N–H and O–H groups in total. The van der Waals surface area contributed by atoms with E-state index >= 15 is 0 Å². The second-order valence-electron chi connectivity index (χ2n) is 3.79. The van der Waals surface area contributed by atoms with E-state index in [0.29, 0.717) is 5.95 Å². The van der Waals surface area contributed by atoms with Gasteiger partial charge in [0.15, 0.2) is 0 Å². The minimum atomic E-state index is 0.617. The number of anilines is 1. The Balaban J connectivity index is 2.13. The number of hydrogen-bond acceptors (Lipinski definition) is 4. The van der Waals surface area contributed by atoms with Crippen LogP contribution in [0, 0.1) is 3.70 Å². The highest BCUT2D eigenvalue weighted by molar-refractivity contribution is 14.1. The van der Waals surface area contributed by atoms with Gasteiger partial charge in [0.25, 0.3) is 0 Å². The number of nitrogens with zero attached hydrogens (tertiary/aromatic N) is 3. The van der Waals surface area contributed by atoms with Crippen LogP contribution in [0.1, 0.15) is 0 Å². The Morgan fingerprint density at radius 1 is 1.28 bits per heavy atom. The van der Waals surface area contributed by atoms with Crippen LogP contribution in [-0.4, -0.2) is 27.2 Å². The van der Waals surface area contributed by atoms with E-state index in [2.05, 4.69) is 54.1 Å². The average molecular weight is 351 g/mol. The van der Waals surface area contributed by atoms with Crippen LogP contribution in [0.5, 0.6) is 0 Å². The molecule has 0 aliphatic carbocycles. The molecule has 18 heavy (non-hydrogen) atoms. The molecule has 0 bridgehead atoms. The third kappa shape index (κ3) is 1.92. The van der Waals surface area contributed by atoms with Gasteiger partial charge < -0.3 is 5.32 Å². The summed E-state index contributed by atoms with van der Waals surface area (Å²) in [7, 11) is 1.81. The number of benzene rings is 1. The largest absolute Gasteiger partial charge is 0.357 e. The second kappa shape index (κ2) is 4.52. The topological polar surface area (TPSA) is 66.5 Å². The fourth-order valence-electron chi connectivity index (χ4n) is 1.79. The molecule has 0 amide bonds. The van der Waals surface area contributed by atoms with Gasteiger partial charge in [-0.1, -0.05) is 6.07 Å². The van der Waals surface area contributed by atoms with Crippen molar-refractivity contribution in [2.24, 2.45) is 0 Å². The minimum Gasteiger partial charge on any atom is -0.357 e. The van der Waals surface area contributed by atoms with Crippen molar-refractivity contribution in [2.75, 3.05) is 12.4 Å². The summed E-state index contributed by atoms with van der Waals surface area (Å²) >= 11 is 2.21. The lowest BCUT2D eigenvalue weighted by molar-refractivity contribution is 1.09. The Labute approximate surface area is 117 Å². The van der Waals surface area contributed by atoms with Crippen molar-refractivity contribution in [1.82, 2.24) is 20.2 Å². The van der Waals surface area contributed by atoms with Crippen LogP contribution in [-0.2, 0) is 0 Å². The predicted octanol–water partition coefficient (Wildman–Crippen LogP) is 2.67. The molecule has 1 aromatic carbocycles. The predicted molar refractivity (Wildman–Crippen MR) is 79.4 cm³/mol. The molecule has 2 aromatic heterocycles. The lowest BCUT2D eigenvalue weighted by Gasteiger charge is -2.03. The molecule has 0 aliphatic heterocycles. The minimum absolute atomic E-state index is 0.617. The van der Waals surface area contributed by atoms with E-state index in [1.165, 1.54) is 0 Å². The third-order valence-corrected chi connectivity index (χ3v) is 3.51. The Morgan fingerprint density at radius 3 is 3.00 bits per heavy atom. The van der Waals surface area contributed by atoms with Crippen molar-refractivity contribution in [3.63, 3.8) is 0 Å². The lowest BCUT2D eigenvalue weighted by atomic mass is 10.1. The number of aromatic amines is 1. The zero-order valence-electron chi connectivity index (χ0n) is 9.61. The Bertz CT molecular complexity index is 707. The van der Waals surface area contributed by atoms with Crippen LogP contribution < -0.4 is 5.32 Å². The van der Waals surface area contributed by atoms with E-state index in [-0.39, 0.29) is 0 Å². The fourth-order valence-corrected chi connectivity index (χ4v) is 2.38. The highest BCUT2D eigenvalue weighted by atomic mass is 127. The SMILES string of the molecule is CNc1nccc(-c2ccc3c(I)n[nH]c3c2)n1. The Hall–Kier alpha value is -1.70. The smallest absolute Gasteiger partial charge is 0.222 e. The number of fused-ring (bicyclic) bond motifs is 1. The van der Waals surface area contributed by atoms with Crippen molar-refractivity contribution < 1.29 is 0 Å². The van der Waals surface area contributed by atoms with E-state index in [0.717, 1.165) is 25.9 Å². The van der Waals surface area contributed by atoms with Crippen molar-refractivity contribution in [2.45, 2.75) is 0 Å². The lowest BCUT2D eigenvalue weighted by Crippen LogP contribution is -1.96. The molecule has 0 aliphatic rings. The third-order valence-electron chi connectivity index (χ3n) is 2.69. The van der Waals surface area contributed by atoms with Gasteiger partial charge in [0.1, 0.15) is 3.70 Å². The van der Waals surface area contributed by atoms with Crippen LogP contribution in [0.2, 0.25) is 0 Å². The molecule has 90 valence electrons. The van der Waals surface area contributed by atoms with Gasteiger partial charge in [-0.25, -0.2) is 9.97 Å². The summed E-state index contributed by atoms with van der Waals surface area (Å²) in [5.41, 5.74) is 2.95. The molecule has 6 heteroatoms. The summed E-state index contributed by atoms with van der Waals surface area (Å²) in [4.78, 5) is 8.52. The first-order valence-corrected chi connectivity index (χ1v) is 6.50. The van der Waals surface area contributed by atoms with Crippen molar-refractivity contribution in [1.29, 1.82) is 0 Å². The van der Waals surface area contributed by atoms with Gasteiger partial charge in [0.2, 0.25) is 5.95 Å². The van der Waals surface area contributed by atoms with E-state index in [4.69, 9.17) is 0 Å². The summed E-state index contributed by atoms with van der Waals surface area (Å²) in [6.45, 7) is 0. The maximum atomic E-state index is 4.42. The standard InChI is InChI=1S/C12H10IN5/c1-14-12-15-5-4-9(16-12)7-2-3-8-10(6-7)17-18-11(8)13/h2-6H,1H3,(H,17,18)(H,14,15,16). The van der Waals surface area contributed by atoms with Crippen LogP contribution in [0.25, 0.3) is 22.2 Å². The Morgan fingerprint density at radius 2 is 2.17 bits per heavy atom. The summed E-state index contributed by atoms with van der Waals surface area (Å²) in [6, 6.07) is 8.04.